The first-order valence-corrected chi connectivity index (χ1v) is 9.23. The molecule has 1 amide bonds. The molecular formula is C19H22ClN3O. The normalized spacial score (nSPS) is 19.0. The van der Waals surface area contributed by atoms with Crippen molar-refractivity contribution in [1.29, 1.82) is 0 Å². The summed E-state index contributed by atoms with van der Waals surface area (Å²) in [5.41, 5.74) is 5.38. The van der Waals surface area contributed by atoms with Crippen molar-refractivity contribution >= 4 is 17.5 Å². The Kier molecular flexibility index (Phi) is 4.31. The Bertz CT molecular complexity index is 755. The molecule has 0 saturated carbocycles. The molecule has 0 saturated heterocycles. The first-order chi connectivity index (χ1) is 11.7. The molecule has 0 N–H and O–H groups in total. The van der Waals surface area contributed by atoms with Gasteiger partial charge >= 0.3 is 0 Å². The topological polar surface area (TPSA) is 38.1 Å². The van der Waals surface area contributed by atoms with Crippen LogP contribution < -0.4 is 0 Å². The number of alkyl halides is 1. The lowest BCUT2D eigenvalue weighted by molar-refractivity contribution is -0.132. The predicted molar refractivity (Wildman–Crippen MR) is 94.1 cm³/mol. The van der Waals surface area contributed by atoms with Crippen LogP contribution in [0.4, 0.5) is 0 Å². The van der Waals surface area contributed by atoms with E-state index >= 15 is 0 Å². The summed E-state index contributed by atoms with van der Waals surface area (Å²) in [5, 5.41) is 0. The number of hydrogen-bond acceptors (Lipinski definition) is 2. The van der Waals surface area contributed by atoms with Crippen molar-refractivity contribution in [2.75, 3.05) is 5.88 Å². The average Bonchev–Trinajstić information content (AvgIpc) is 3.26. The van der Waals surface area contributed by atoms with Crippen LogP contribution in [0.5, 0.6) is 0 Å². The molecule has 2 aliphatic rings. The Hall–Kier alpha value is -1.81. The fraction of sp³-hybridized carbons (Fsp3) is 0.474. The molecule has 24 heavy (non-hydrogen) atoms. The predicted octanol–water partition coefficient (Wildman–Crippen LogP) is 2.95. The Morgan fingerprint density at radius 3 is 3.04 bits per heavy atom. The number of halogens is 1. The SMILES string of the molecule is O=C(CCl)N(Cc1ccc2c(c1)CCC2)C1CCc2cncn2C1. The number of aryl methyl sites for hydroxylation is 3. The van der Waals surface area contributed by atoms with Crippen LogP contribution >= 0.6 is 11.6 Å². The molecular weight excluding hydrogens is 322 g/mol. The first kappa shape index (κ1) is 15.7. The number of aromatic nitrogens is 2. The molecule has 1 aliphatic heterocycles. The van der Waals surface area contributed by atoms with E-state index in [0.717, 1.165) is 25.8 Å². The molecule has 1 unspecified atom stereocenters. The summed E-state index contributed by atoms with van der Waals surface area (Å²) < 4.78 is 2.16. The van der Waals surface area contributed by atoms with E-state index in [9.17, 15) is 4.79 Å². The second-order valence-electron chi connectivity index (χ2n) is 6.84. The van der Waals surface area contributed by atoms with Crippen LogP contribution in [0.2, 0.25) is 0 Å². The summed E-state index contributed by atoms with van der Waals surface area (Å²) in [6.07, 6.45) is 9.31. The van der Waals surface area contributed by atoms with E-state index in [1.165, 1.54) is 35.2 Å². The fourth-order valence-corrected chi connectivity index (χ4v) is 4.18. The molecule has 4 nitrogen and oxygen atoms in total. The number of carbonyl (C=O) groups excluding carboxylic acids is 1. The molecule has 2 aromatic rings. The van der Waals surface area contributed by atoms with Gasteiger partial charge in [-0.25, -0.2) is 4.98 Å². The summed E-state index contributed by atoms with van der Waals surface area (Å²) in [6.45, 7) is 1.45. The smallest absolute Gasteiger partial charge is 0.238 e. The van der Waals surface area contributed by atoms with E-state index in [2.05, 4.69) is 27.8 Å². The molecule has 126 valence electrons. The fourth-order valence-electron chi connectivity index (χ4n) is 4.03. The van der Waals surface area contributed by atoms with Crippen LogP contribution in [0.15, 0.2) is 30.7 Å². The van der Waals surface area contributed by atoms with Crippen molar-refractivity contribution in [2.24, 2.45) is 0 Å². The largest absolute Gasteiger partial charge is 0.333 e. The minimum Gasteiger partial charge on any atom is -0.333 e. The van der Waals surface area contributed by atoms with E-state index in [0.29, 0.717) is 6.54 Å². The van der Waals surface area contributed by atoms with E-state index in [4.69, 9.17) is 11.6 Å². The summed E-state index contributed by atoms with van der Waals surface area (Å²) in [6, 6.07) is 6.87. The van der Waals surface area contributed by atoms with Crippen LogP contribution in [-0.2, 0) is 37.1 Å². The number of carbonyl (C=O) groups is 1. The highest BCUT2D eigenvalue weighted by Crippen LogP contribution is 2.25. The van der Waals surface area contributed by atoms with E-state index in [1.54, 1.807) is 0 Å². The Balaban J connectivity index is 1.55. The maximum absolute atomic E-state index is 12.5. The average molecular weight is 344 g/mol. The van der Waals surface area contributed by atoms with Crippen molar-refractivity contribution in [2.45, 2.75) is 51.2 Å². The van der Waals surface area contributed by atoms with Gasteiger partial charge in [0.15, 0.2) is 0 Å². The number of fused-ring (bicyclic) bond motifs is 2. The van der Waals surface area contributed by atoms with Crippen LogP contribution in [0.3, 0.4) is 0 Å². The zero-order valence-corrected chi connectivity index (χ0v) is 14.5. The highest BCUT2D eigenvalue weighted by Gasteiger charge is 2.27. The quantitative estimate of drug-likeness (QED) is 0.800. The van der Waals surface area contributed by atoms with Crippen molar-refractivity contribution in [3.8, 4) is 0 Å². The molecule has 1 aromatic heterocycles. The monoisotopic (exact) mass is 343 g/mol. The van der Waals surface area contributed by atoms with Crippen molar-refractivity contribution in [3.05, 3.63) is 53.1 Å². The van der Waals surface area contributed by atoms with Crippen LogP contribution in [0.25, 0.3) is 0 Å². The zero-order valence-electron chi connectivity index (χ0n) is 13.7. The summed E-state index contributed by atoms with van der Waals surface area (Å²) >= 11 is 5.89. The van der Waals surface area contributed by atoms with Gasteiger partial charge in [-0.1, -0.05) is 18.2 Å². The van der Waals surface area contributed by atoms with Crippen LogP contribution in [0, 0.1) is 0 Å². The number of imidazole rings is 1. The number of rotatable bonds is 4. The second-order valence-corrected chi connectivity index (χ2v) is 7.11. The molecule has 0 bridgehead atoms. The van der Waals surface area contributed by atoms with Crippen LogP contribution in [-0.4, -0.2) is 32.3 Å². The Morgan fingerprint density at radius 1 is 1.29 bits per heavy atom. The summed E-state index contributed by atoms with van der Waals surface area (Å²) in [4.78, 5) is 18.7. The zero-order chi connectivity index (χ0) is 16.5. The third-order valence-electron chi connectivity index (χ3n) is 5.33. The van der Waals surface area contributed by atoms with E-state index in [-0.39, 0.29) is 17.8 Å². The van der Waals surface area contributed by atoms with E-state index < -0.39 is 0 Å². The van der Waals surface area contributed by atoms with Gasteiger partial charge in [0.05, 0.1) is 12.4 Å². The molecule has 1 aliphatic carbocycles. The highest BCUT2D eigenvalue weighted by molar-refractivity contribution is 6.27. The minimum atomic E-state index is 0.0192. The molecule has 0 radical (unpaired) electrons. The van der Waals surface area contributed by atoms with Gasteiger partial charge in [-0.3, -0.25) is 4.79 Å². The number of amides is 1. The van der Waals surface area contributed by atoms with Gasteiger partial charge < -0.3 is 9.47 Å². The number of benzene rings is 1. The maximum atomic E-state index is 12.5. The van der Waals surface area contributed by atoms with Crippen molar-refractivity contribution in [3.63, 3.8) is 0 Å². The molecule has 5 heteroatoms. The van der Waals surface area contributed by atoms with E-state index in [1.807, 2.05) is 17.4 Å². The van der Waals surface area contributed by atoms with Gasteiger partial charge in [0.1, 0.15) is 5.88 Å². The lowest BCUT2D eigenvalue weighted by Crippen LogP contribution is -2.45. The number of nitrogens with zero attached hydrogens (tertiary/aromatic N) is 3. The third kappa shape index (κ3) is 2.95. The molecule has 1 atom stereocenters. The standard InChI is InChI=1S/C19H22ClN3O/c20-9-19(24)23(18-7-6-17-10-21-13-22(17)12-18)11-14-4-5-15-2-1-3-16(15)8-14/h4-5,8,10,13,18H,1-3,6-7,9,11-12H2. The number of hydrogen-bond donors (Lipinski definition) is 0. The maximum Gasteiger partial charge on any atom is 0.238 e. The summed E-state index contributed by atoms with van der Waals surface area (Å²) in [5.74, 6) is 0.0591. The molecule has 2 heterocycles. The molecule has 1 aromatic carbocycles. The highest BCUT2D eigenvalue weighted by atomic mass is 35.5. The lowest BCUT2D eigenvalue weighted by atomic mass is 10.0. The van der Waals surface area contributed by atoms with Gasteiger partial charge in [-0.2, -0.15) is 0 Å². The lowest BCUT2D eigenvalue weighted by Gasteiger charge is -2.35. The molecule has 0 spiro atoms. The van der Waals surface area contributed by atoms with Crippen molar-refractivity contribution in [1.82, 2.24) is 14.5 Å². The van der Waals surface area contributed by atoms with Gasteiger partial charge in [-0.05, 0) is 48.8 Å². The van der Waals surface area contributed by atoms with Gasteiger partial charge in [0, 0.05) is 25.0 Å². The van der Waals surface area contributed by atoms with Crippen LogP contribution in [0.1, 0.15) is 35.2 Å². The van der Waals surface area contributed by atoms with Gasteiger partial charge in [0.25, 0.3) is 0 Å². The first-order valence-electron chi connectivity index (χ1n) is 8.69. The minimum absolute atomic E-state index is 0.0192. The van der Waals surface area contributed by atoms with Gasteiger partial charge in [-0.15, -0.1) is 11.6 Å². The second kappa shape index (κ2) is 6.60. The Labute approximate surface area is 147 Å². The summed E-state index contributed by atoms with van der Waals surface area (Å²) in [7, 11) is 0. The van der Waals surface area contributed by atoms with Crippen molar-refractivity contribution < 1.29 is 4.79 Å². The third-order valence-corrected chi connectivity index (χ3v) is 5.56. The Morgan fingerprint density at radius 2 is 2.17 bits per heavy atom. The molecule has 0 fully saturated rings. The van der Waals surface area contributed by atoms with Gasteiger partial charge in [0.2, 0.25) is 5.91 Å². The molecule has 4 rings (SSSR count).